The number of aryl methyl sites for hydroxylation is 2. The normalized spacial score (nSPS) is 11.4. The van der Waals surface area contributed by atoms with Gasteiger partial charge in [0, 0.05) is 13.7 Å². The molecule has 1 aromatic rings. The molecule has 1 unspecified atom stereocenters. The number of nitrogens with one attached hydrogen (secondary N) is 1. The van der Waals surface area contributed by atoms with Crippen LogP contribution in [-0.2, 0) is 9.53 Å². The van der Waals surface area contributed by atoms with Crippen molar-refractivity contribution in [3.8, 4) is 5.75 Å². The fraction of sp³-hybridized carbons (Fsp3) is 0.533. The number of amides is 1. The molecule has 5 nitrogen and oxygen atoms in total. The quantitative estimate of drug-likeness (QED) is 0.714. The van der Waals surface area contributed by atoms with Gasteiger partial charge in [-0.15, -0.1) is 12.4 Å². The Bertz CT molecular complexity index is 417. The molecular weight excluding hydrogens is 292 g/mol. The molecule has 0 bridgehead atoms. The molecule has 0 heterocycles. The highest BCUT2D eigenvalue weighted by Gasteiger charge is 2.10. The SMILES string of the molecule is COC(CN)CC(=O)NCCOc1cc(C)cc(C)c1.Cl. The van der Waals surface area contributed by atoms with E-state index in [0.717, 1.165) is 16.9 Å². The van der Waals surface area contributed by atoms with Gasteiger partial charge in [0.2, 0.25) is 5.91 Å². The van der Waals surface area contributed by atoms with Crippen molar-refractivity contribution in [2.24, 2.45) is 5.73 Å². The van der Waals surface area contributed by atoms with Crippen molar-refractivity contribution >= 4 is 18.3 Å². The van der Waals surface area contributed by atoms with Crippen LogP contribution >= 0.6 is 12.4 Å². The first-order valence-electron chi connectivity index (χ1n) is 6.75. The minimum atomic E-state index is -0.227. The molecule has 0 aliphatic heterocycles. The first-order valence-corrected chi connectivity index (χ1v) is 6.75. The van der Waals surface area contributed by atoms with Crippen LogP contribution in [0.25, 0.3) is 0 Å². The zero-order valence-corrected chi connectivity index (χ0v) is 13.7. The summed E-state index contributed by atoms with van der Waals surface area (Å²) < 4.78 is 10.7. The third kappa shape index (κ3) is 7.90. The Balaban J connectivity index is 0.00000400. The van der Waals surface area contributed by atoms with Crippen LogP contribution in [0.1, 0.15) is 17.5 Å². The molecule has 0 aliphatic rings. The molecule has 0 aliphatic carbocycles. The largest absolute Gasteiger partial charge is 0.492 e. The highest BCUT2D eigenvalue weighted by atomic mass is 35.5. The molecule has 1 aromatic carbocycles. The molecule has 6 heteroatoms. The van der Waals surface area contributed by atoms with Crippen LogP contribution in [0.2, 0.25) is 0 Å². The zero-order chi connectivity index (χ0) is 15.0. The summed E-state index contributed by atoms with van der Waals surface area (Å²) in [5, 5.41) is 2.78. The summed E-state index contributed by atoms with van der Waals surface area (Å²) in [7, 11) is 1.55. The Hall–Kier alpha value is -1.30. The lowest BCUT2D eigenvalue weighted by Gasteiger charge is -2.13. The van der Waals surface area contributed by atoms with Gasteiger partial charge in [0.15, 0.2) is 0 Å². The van der Waals surface area contributed by atoms with E-state index in [2.05, 4.69) is 11.4 Å². The average Bonchev–Trinajstić information content (AvgIpc) is 2.40. The van der Waals surface area contributed by atoms with Crippen molar-refractivity contribution in [2.45, 2.75) is 26.4 Å². The molecule has 1 amide bonds. The second kappa shape index (κ2) is 10.4. The predicted molar refractivity (Wildman–Crippen MR) is 86.1 cm³/mol. The lowest BCUT2D eigenvalue weighted by Crippen LogP contribution is -2.34. The smallest absolute Gasteiger partial charge is 0.222 e. The Morgan fingerprint density at radius 3 is 2.43 bits per heavy atom. The van der Waals surface area contributed by atoms with Gasteiger partial charge in [-0.3, -0.25) is 4.79 Å². The summed E-state index contributed by atoms with van der Waals surface area (Å²) >= 11 is 0. The molecule has 0 fully saturated rings. The summed E-state index contributed by atoms with van der Waals surface area (Å²) in [5.41, 5.74) is 7.78. The molecule has 0 aromatic heterocycles. The second-order valence-electron chi connectivity index (χ2n) is 4.82. The van der Waals surface area contributed by atoms with Crippen LogP contribution in [0.3, 0.4) is 0 Å². The van der Waals surface area contributed by atoms with Crippen LogP contribution < -0.4 is 15.8 Å². The number of nitrogens with two attached hydrogens (primary N) is 1. The van der Waals surface area contributed by atoms with E-state index >= 15 is 0 Å². The van der Waals surface area contributed by atoms with E-state index in [4.69, 9.17) is 15.2 Å². The van der Waals surface area contributed by atoms with Gasteiger partial charge in [0.05, 0.1) is 19.1 Å². The maximum atomic E-state index is 11.6. The molecule has 1 rings (SSSR count). The summed E-state index contributed by atoms with van der Waals surface area (Å²) in [6.07, 6.45) is 0.0478. The van der Waals surface area contributed by atoms with E-state index < -0.39 is 0 Å². The Kier molecular flexibility index (Phi) is 9.78. The van der Waals surface area contributed by atoms with Crippen LogP contribution in [0.15, 0.2) is 18.2 Å². The number of carbonyl (C=O) groups is 1. The van der Waals surface area contributed by atoms with Gasteiger partial charge in [-0.2, -0.15) is 0 Å². The summed E-state index contributed by atoms with van der Waals surface area (Å²) in [4.78, 5) is 11.6. The highest BCUT2D eigenvalue weighted by molar-refractivity contribution is 5.85. The maximum absolute atomic E-state index is 11.6. The number of rotatable bonds is 8. The van der Waals surface area contributed by atoms with Gasteiger partial charge in [-0.1, -0.05) is 6.07 Å². The summed E-state index contributed by atoms with van der Waals surface area (Å²) in [6.45, 7) is 5.30. The molecule has 120 valence electrons. The Labute approximate surface area is 132 Å². The van der Waals surface area contributed by atoms with E-state index in [9.17, 15) is 4.79 Å². The minimum Gasteiger partial charge on any atom is -0.492 e. The van der Waals surface area contributed by atoms with Gasteiger partial charge in [-0.25, -0.2) is 0 Å². The van der Waals surface area contributed by atoms with Gasteiger partial charge in [0.1, 0.15) is 12.4 Å². The number of ether oxygens (including phenoxy) is 2. The molecule has 0 radical (unpaired) electrons. The lowest BCUT2D eigenvalue weighted by atomic mass is 10.1. The van der Waals surface area contributed by atoms with Crippen molar-refractivity contribution in [2.75, 3.05) is 26.8 Å². The fourth-order valence-corrected chi connectivity index (χ4v) is 1.92. The van der Waals surface area contributed by atoms with Crippen molar-refractivity contribution in [1.29, 1.82) is 0 Å². The molecule has 0 saturated heterocycles. The van der Waals surface area contributed by atoms with E-state index in [1.54, 1.807) is 7.11 Å². The van der Waals surface area contributed by atoms with Crippen molar-refractivity contribution in [3.05, 3.63) is 29.3 Å². The predicted octanol–water partition coefficient (Wildman–Crippen LogP) is 1.58. The van der Waals surface area contributed by atoms with Crippen molar-refractivity contribution < 1.29 is 14.3 Å². The topological polar surface area (TPSA) is 73.6 Å². The first kappa shape index (κ1) is 19.7. The first-order chi connectivity index (χ1) is 9.55. The maximum Gasteiger partial charge on any atom is 0.222 e. The van der Waals surface area contributed by atoms with Gasteiger partial charge < -0.3 is 20.5 Å². The molecule has 0 spiro atoms. The Morgan fingerprint density at radius 1 is 1.29 bits per heavy atom. The van der Waals surface area contributed by atoms with Crippen molar-refractivity contribution in [3.63, 3.8) is 0 Å². The molecule has 0 saturated carbocycles. The van der Waals surface area contributed by atoms with Gasteiger partial charge in [-0.05, 0) is 37.1 Å². The van der Waals surface area contributed by atoms with Crippen LogP contribution in [0, 0.1) is 13.8 Å². The average molecular weight is 317 g/mol. The molecule has 1 atom stereocenters. The van der Waals surface area contributed by atoms with Crippen LogP contribution in [-0.4, -0.2) is 38.8 Å². The molecular formula is C15H25ClN2O3. The number of benzene rings is 1. The minimum absolute atomic E-state index is 0. The zero-order valence-electron chi connectivity index (χ0n) is 12.8. The molecule has 21 heavy (non-hydrogen) atoms. The van der Waals surface area contributed by atoms with E-state index in [-0.39, 0.29) is 30.8 Å². The number of halogens is 1. The molecule has 3 N–H and O–H groups in total. The standard InChI is InChI=1S/C15H24N2O3.ClH/c1-11-6-12(2)8-13(7-11)20-5-4-17-15(18)9-14(10-16)19-3;/h6-8,14H,4-5,9-10,16H2,1-3H3,(H,17,18);1H. The number of carbonyl (C=O) groups excluding carboxylic acids is 1. The van der Waals surface area contributed by atoms with E-state index in [1.807, 2.05) is 26.0 Å². The highest BCUT2D eigenvalue weighted by Crippen LogP contribution is 2.15. The van der Waals surface area contributed by atoms with Crippen molar-refractivity contribution in [1.82, 2.24) is 5.32 Å². The third-order valence-corrected chi connectivity index (χ3v) is 2.90. The van der Waals surface area contributed by atoms with Crippen LogP contribution in [0.5, 0.6) is 5.75 Å². The monoisotopic (exact) mass is 316 g/mol. The van der Waals surface area contributed by atoms with Gasteiger partial charge in [0.25, 0.3) is 0 Å². The number of hydrogen-bond donors (Lipinski definition) is 2. The third-order valence-electron chi connectivity index (χ3n) is 2.90. The second-order valence-corrected chi connectivity index (χ2v) is 4.82. The lowest BCUT2D eigenvalue weighted by molar-refractivity contribution is -0.123. The van der Waals surface area contributed by atoms with Gasteiger partial charge >= 0.3 is 0 Å². The number of hydrogen-bond acceptors (Lipinski definition) is 4. The summed E-state index contributed by atoms with van der Waals surface area (Å²) in [6, 6.07) is 6.04. The fourth-order valence-electron chi connectivity index (χ4n) is 1.92. The van der Waals surface area contributed by atoms with E-state index in [1.165, 1.54) is 0 Å². The van der Waals surface area contributed by atoms with E-state index in [0.29, 0.717) is 19.7 Å². The Morgan fingerprint density at radius 2 is 1.90 bits per heavy atom. The number of methoxy groups -OCH3 is 1. The van der Waals surface area contributed by atoms with Crippen LogP contribution in [0.4, 0.5) is 0 Å². The summed E-state index contributed by atoms with van der Waals surface area (Å²) in [5.74, 6) is 0.750.